The van der Waals surface area contributed by atoms with Gasteiger partial charge in [-0.25, -0.2) is 0 Å². The van der Waals surface area contributed by atoms with Gasteiger partial charge in [-0.05, 0) is 19.3 Å². The van der Waals surface area contributed by atoms with Gasteiger partial charge >= 0.3 is 0 Å². The fraction of sp³-hybridized carbons (Fsp3) is 1.00. The van der Waals surface area contributed by atoms with Crippen LogP contribution in [0, 0.1) is 5.92 Å². The van der Waals surface area contributed by atoms with Crippen LogP contribution in [-0.2, 0) is 4.74 Å². The summed E-state index contributed by atoms with van der Waals surface area (Å²) in [6.07, 6.45) is 4.27. The molecule has 1 unspecified atom stereocenters. The minimum Gasteiger partial charge on any atom is -0.382 e. The molecule has 1 heteroatoms. The average Bonchev–Trinajstić information content (AvgIpc) is 1.87. The molecule has 0 radical (unpaired) electrons. The summed E-state index contributed by atoms with van der Waals surface area (Å²) in [6, 6.07) is 0. The lowest BCUT2D eigenvalue weighted by Gasteiger charge is -2.09. The van der Waals surface area contributed by atoms with Gasteiger partial charge < -0.3 is 4.74 Å². The van der Waals surface area contributed by atoms with Gasteiger partial charge in [-0.3, -0.25) is 0 Å². The second kappa shape index (κ2) is 5.72. The first-order chi connectivity index (χ1) is 4.66. The highest BCUT2D eigenvalue weighted by Gasteiger charge is 1.99. The van der Waals surface area contributed by atoms with E-state index in [9.17, 15) is 0 Å². The largest absolute Gasteiger partial charge is 0.382 e. The van der Waals surface area contributed by atoms with Crippen molar-refractivity contribution in [2.45, 2.75) is 46.1 Å². The molecule has 0 spiro atoms. The van der Waals surface area contributed by atoms with Gasteiger partial charge in [0.1, 0.15) is 0 Å². The molecule has 0 bridgehead atoms. The zero-order chi connectivity index (χ0) is 7.98. The number of hydrogen-bond acceptors (Lipinski definition) is 1. The van der Waals surface area contributed by atoms with Crippen molar-refractivity contribution in [1.29, 1.82) is 0 Å². The molecule has 0 aromatic rings. The van der Waals surface area contributed by atoms with Crippen LogP contribution in [-0.4, -0.2) is 13.2 Å². The molecule has 0 N–H and O–H groups in total. The predicted octanol–water partition coefficient (Wildman–Crippen LogP) is 2.85. The molecule has 0 saturated carbocycles. The van der Waals surface area contributed by atoms with Crippen molar-refractivity contribution in [3.63, 3.8) is 0 Å². The maximum Gasteiger partial charge on any atom is 0.0543 e. The number of methoxy groups -OCH3 is 1. The standard InChI is InChI=1S/C9H20O/c1-8(2)6-5-7-9(3)10-4/h8-9H,5-7H2,1-4H3. The molecule has 0 heterocycles. The molecular formula is C9H20O. The van der Waals surface area contributed by atoms with E-state index in [1.165, 1.54) is 19.3 Å². The lowest BCUT2D eigenvalue weighted by atomic mass is 10.1. The van der Waals surface area contributed by atoms with Crippen LogP contribution >= 0.6 is 0 Å². The molecule has 10 heavy (non-hydrogen) atoms. The molecule has 0 aliphatic rings. The van der Waals surface area contributed by atoms with Gasteiger partial charge in [0, 0.05) is 7.11 Å². The van der Waals surface area contributed by atoms with Gasteiger partial charge in [-0.1, -0.05) is 26.7 Å². The van der Waals surface area contributed by atoms with E-state index in [4.69, 9.17) is 4.74 Å². The lowest BCUT2D eigenvalue weighted by Crippen LogP contribution is -2.04. The highest BCUT2D eigenvalue weighted by molar-refractivity contribution is 4.51. The van der Waals surface area contributed by atoms with Gasteiger partial charge in [0.25, 0.3) is 0 Å². The molecule has 1 nitrogen and oxygen atoms in total. The fourth-order valence-electron chi connectivity index (χ4n) is 0.931. The van der Waals surface area contributed by atoms with Gasteiger partial charge in [0.05, 0.1) is 6.10 Å². The van der Waals surface area contributed by atoms with Crippen molar-refractivity contribution in [1.82, 2.24) is 0 Å². The molecule has 0 saturated heterocycles. The molecule has 0 aromatic carbocycles. The van der Waals surface area contributed by atoms with E-state index < -0.39 is 0 Å². The number of ether oxygens (including phenoxy) is 1. The fourth-order valence-corrected chi connectivity index (χ4v) is 0.931. The zero-order valence-electron chi connectivity index (χ0n) is 7.68. The van der Waals surface area contributed by atoms with Crippen LogP contribution in [0.3, 0.4) is 0 Å². The van der Waals surface area contributed by atoms with E-state index >= 15 is 0 Å². The maximum atomic E-state index is 5.13. The first-order valence-electron chi connectivity index (χ1n) is 4.19. The summed E-state index contributed by atoms with van der Waals surface area (Å²) in [4.78, 5) is 0. The lowest BCUT2D eigenvalue weighted by molar-refractivity contribution is 0.107. The summed E-state index contributed by atoms with van der Waals surface area (Å²) >= 11 is 0. The summed E-state index contributed by atoms with van der Waals surface area (Å²) < 4.78 is 5.13. The van der Waals surface area contributed by atoms with Gasteiger partial charge in [-0.2, -0.15) is 0 Å². The van der Waals surface area contributed by atoms with E-state index in [0.29, 0.717) is 6.10 Å². The molecule has 0 fully saturated rings. The van der Waals surface area contributed by atoms with Crippen LogP contribution in [0.15, 0.2) is 0 Å². The summed E-state index contributed by atoms with van der Waals surface area (Å²) in [5, 5.41) is 0. The van der Waals surface area contributed by atoms with Crippen LogP contribution < -0.4 is 0 Å². The minimum atomic E-state index is 0.443. The van der Waals surface area contributed by atoms with Crippen molar-refractivity contribution >= 4 is 0 Å². The predicted molar refractivity (Wildman–Crippen MR) is 45.2 cm³/mol. The van der Waals surface area contributed by atoms with Gasteiger partial charge in [-0.15, -0.1) is 0 Å². The zero-order valence-corrected chi connectivity index (χ0v) is 7.68. The van der Waals surface area contributed by atoms with Crippen LogP contribution in [0.5, 0.6) is 0 Å². The van der Waals surface area contributed by atoms with Crippen LogP contribution in [0.25, 0.3) is 0 Å². The monoisotopic (exact) mass is 144 g/mol. The molecule has 0 rings (SSSR count). The summed E-state index contributed by atoms with van der Waals surface area (Å²) in [5.74, 6) is 0.837. The quantitative estimate of drug-likeness (QED) is 0.576. The highest BCUT2D eigenvalue weighted by Crippen LogP contribution is 2.09. The Morgan fingerprint density at radius 3 is 2.10 bits per heavy atom. The Morgan fingerprint density at radius 2 is 1.70 bits per heavy atom. The molecule has 62 valence electrons. The van der Waals surface area contributed by atoms with Crippen molar-refractivity contribution < 1.29 is 4.74 Å². The molecule has 0 aliphatic carbocycles. The van der Waals surface area contributed by atoms with E-state index in [1.807, 2.05) is 0 Å². The topological polar surface area (TPSA) is 9.23 Å². The molecule has 0 aliphatic heterocycles. The van der Waals surface area contributed by atoms with Crippen molar-refractivity contribution in [2.24, 2.45) is 5.92 Å². The van der Waals surface area contributed by atoms with E-state index in [0.717, 1.165) is 5.92 Å². The number of hydrogen-bond donors (Lipinski definition) is 0. The van der Waals surface area contributed by atoms with Gasteiger partial charge in [0.15, 0.2) is 0 Å². The Labute approximate surface area is 64.8 Å². The maximum absolute atomic E-state index is 5.13. The third-order valence-electron chi connectivity index (χ3n) is 1.79. The smallest absolute Gasteiger partial charge is 0.0543 e. The first-order valence-corrected chi connectivity index (χ1v) is 4.19. The van der Waals surface area contributed by atoms with E-state index in [2.05, 4.69) is 20.8 Å². The molecule has 0 amide bonds. The normalized spacial score (nSPS) is 14.1. The Balaban J connectivity index is 3.03. The Morgan fingerprint density at radius 1 is 1.10 bits per heavy atom. The van der Waals surface area contributed by atoms with Gasteiger partial charge in [0.2, 0.25) is 0 Å². The summed E-state index contributed by atoms with van der Waals surface area (Å²) in [6.45, 7) is 6.65. The SMILES string of the molecule is COC(C)CCCC(C)C. The van der Waals surface area contributed by atoms with Crippen molar-refractivity contribution in [2.75, 3.05) is 7.11 Å². The molecule has 1 atom stereocenters. The van der Waals surface area contributed by atoms with Crippen LogP contribution in [0.2, 0.25) is 0 Å². The highest BCUT2D eigenvalue weighted by atomic mass is 16.5. The minimum absolute atomic E-state index is 0.443. The third-order valence-corrected chi connectivity index (χ3v) is 1.79. The van der Waals surface area contributed by atoms with E-state index in [-0.39, 0.29) is 0 Å². The Hall–Kier alpha value is -0.0400. The summed E-state index contributed by atoms with van der Waals surface area (Å²) in [5.41, 5.74) is 0. The summed E-state index contributed by atoms with van der Waals surface area (Å²) in [7, 11) is 1.78. The molecular weight excluding hydrogens is 124 g/mol. The second-order valence-corrected chi connectivity index (χ2v) is 3.37. The van der Waals surface area contributed by atoms with Crippen molar-refractivity contribution in [3.05, 3.63) is 0 Å². The number of rotatable bonds is 5. The average molecular weight is 144 g/mol. The first kappa shape index (κ1) is 9.96. The third kappa shape index (κ3) is 6.09. The Kier molecular flexibility index (Phi) is 5.70. The Bertz CT molecular complexity index is 69.1. The molecule has 0 aromatic heterocycles. The van der Waals surface area contributed by atoms with Crippen LogP contribution in [0.4, 0.5) is 0 Å². The second-order valence-electron chi connectivity index (χ2n) is 3.37. The van der Waals surface area contributed by atoms with Crippen molar-refractivity contribution in [3.8, 4) is 0 Å². The van der Waals surface area contributed by atoms with E-state index in [1.54, 1.807) is 7.11 Å². The van der Waals surface area contributed by atoms with Crippen LogP contribution in [0.1, 0.15) is 40.0 Å².